The maximum absolute atomic E-state index is 12.1. The lowest BCUT2D eigenvalue weighted by Gasteiger charge is -2.14. The lowest BCUT2D eigenvalue weighted by atomic mass is 10.1. The van der Waals surface area contributed by atoms with Crippen LogP contribution in [0.4, 0.5) is 0 Å². The van der Waals surface area contributed by atoms with Crippen molar-refractivity contribution in [3.8, 4) is 0 Å². The zero-order chi connectivity index (χ0) is 14.5. The molecular weight excluding hydrogens is 272 g/mol. The van der Waals surface area contributed by atoms with Gasteiger partial charge in [-0.15, -0.1) is 0 Å². The van der Waals surface area contributed by atoms with Gasteiger partial charge in [0.15, 0.2) is 0 Å². The van der Waals surface area contributed by atoms with Crippen LogP contribution in [0.15, 0.2) is 48.5 Å². The summed E-state index contributed by atoms with van der Waals surface area (Å²) in [6, 6.07) is 14.7. The fourth-order valence-corrected chi connectivity index (χ4v) is 2.03. The van der Waals surface area contributed by atoms with Gasteiger partial charge in [0.2, 0.25) is 0 Å². The Hall–Kier alpha value is -1.84. The molecule has 0 bridgehead atoms. The minimum Gasteiger partial charge on any atom is -0.346 e. The van der Waals surface area contributed by atoms with E-state index < -0.39 is 0 Å². The quantitative estimate of drug-likeness (QED) is 0.907. The summed E-state index contributed by atoms with van der Waals surface area (Å²) in [4.78, 5) is 12.1. The third-order valence-electron chi connectivity index (χ3n) is 3.17. The minimum absolute atomic E-state index is 0.0750. The number of carbonyl (C=O) groups excluding carboxylic acids is 1. The number of hydrogen-bond donors (Lipinski definition) is 2. The van der Waals surface area contributed by atoms with Crippen LogP contribution in [0.3, 0.4) is 0 Å². The first-order chi connectivity index (χ1) is 9.60. The van der Waals surface area contributed by atoms with Gasteiger partial charge in [-0.1, -0.05) is 35.9 Å². The minimum atomic E-state index is -0.101. The van der Waals surface area contributed by atoms with Crippen molar-refractivity contribution in [3.63, 3.8) is 0 Å². The molecule has 3 N–H and O–H groups in total. The molecule has 1 amide bonds. The maximum Gasteiger partial charge on any atom is 0.251 e. The Labute approximate surface area is 123 Å². The van der Waals surface area contributed by atoms with Crippen LogP contribution in [-0.4, -0.2) is 5.91 Å². The molecule has 20 heavy (non-hydrogen) atoms. The highest BCUT2D eigenvalue weighted by Gasteiger charge is 2.11. The van der Waals surface area contributed by atoms with E-state index in [4.69, 9.17) is 17.3 Å². The Balaban J connectivity index is 2.04. The van der Waals surface area contributed by atoms with Gasteiger partial charge in [-0.3, -0.25) is 4.79 Å². The van der Waals surface area contributed by atoms with Gasteiger partial charge in [0, 0.05) is 17.1 Å². The fourth-order valence-electron chi connectivity index (χ4n) is 1.91. The van der Waals surface area contributed by atoms with Crippen molar-refractivity contribution in [2.45, 2.75) is 19.5 Å². The Morgan fingerprint density at radius 1 is 1.15 bits per heavy atom. The predicted molar refractivity (Wildman–Crippen MR) is 81.7 cm³/mol. The van der Waals surface area contributed by atoms with E-state index in [0.717, 1.165) is 11.1 Å². The lowest BCUT2D eigenvalue weighted by molar-refractivity contribution is 0.0940. The number of nitrogens with one attached hydrogen (secondary N) is 1. The van der Waals surface area contributed by atoms with Crippen LogP contribution in [0, 0.1) is 0 Å². The van der Waals surface area contributed by atoms with E-state index in [1.807, 2.05) is 43.3 Å². The van der Waals surface area contributed by atoms with Gasteiger partial charge < -0.3 is 11.1 Å². The van der Waals surface area contributed by atoms with Gasteiger partial charge in [0.25, 0.3) is 5.91 Å². The first kappa shape index (κ1) is 14.6. The molecule has 4 heteroatoms. The molecule has 2 rings (SSSR count). The molecule has 1 unspecified atom stereocenters. The second-order valence-electron chi connectivity index (χ2n) is 4.65. The van der Waals surface area contributed by atoms with Crippen molar-refractivity contribution in [1.29, 1.82) is 0 Å². The van der Waals surface area contributed by atoms with Gasteiger partial charge in [-0.25, -0.2) is 0 Å². The number of halogens is 1. The molecular formula is C16H17ClN2O. The largest absolute Gasteiger partial charge is 0.346 e. The number of benzene rings is 2. The maximum atomic E-state index is 12.1. The molecule has 0 aromatic heterocycles. The molecule has 0 aliphatic carbocycles. The fraction of sp³-hybridized carbons (Fsp3) is 0.188. The van der Waals surface area contributed by atoms with E-state index >= 15 is 0 Å². The molecule has 104 valence electrons. The third kappa shape index (κ3) is 3.59. The van der Waals surface area contributed by atoms with Gasteiger partial charge in [-0.2, -0.15) is 0 Å². The summed E-state index contributed by atoms with van der Waals surface area (Å²) in [7, 11) is 0. The van der Waals surface area contributed by atoms with E-state index in [-0.39, 0.29) is 11.9 Å². The molecule has 0 saturated carbocycles. The first-order valence-corrected chi connectivity index (χ1v) is 6.83. The highest BCUT2D eigenvalue weighted by atomic mass is 35.5. The average Bonchev–Trinajstić information content (AvgIpc) is 2.48. The molecule has 0 saturated heterocycles. The van der Waals surface area contributed by atoms with E-state index in [9.17, 15) is 4.79 Å². The molecule has 0 radical (unpaired) electrons. The summed E-state index contributed by atoms with van der Waals surface area (Å²) in [5, 5.41) is 3.64. The van der Waals surface area contributed by atoms with E-state index in [2.05, 4.69) is 5.32 Å². The molecule has 0 heterocycles. The highest BCUT2D eigenvalue weighted by molar-refractivity contribution is 6.30. The summed E-state index contributed by atoms with van der Waals surface area (Å²) in [5.74, 6) is -0.101. The van der Waals surface area contributed by atoms with Crippen LogP contribution < -0.4 is 11.1 Å². The number of rotatable bonds is 4. The summed E-state index contributed by atoms with van der Waals surface area (Å²) >= 11 is 5.85. The van der Waals surface area contributed by atoms with Crippen LogP contribution in [-0.2, 0) is 6.54 Å². The SMILES string of the molecule is CC(NC(=O)c1ccc(CN)cc1)c1ccc(Cl)cc1. The number of carbonyl (C=O) groups is 1. The lowest BCUT2D eigenvalue weighted by Crippen LogP contribution is -2.26. The molecule has 1 atom stereocenters. The van der Waals surface area contributed by atoms with Crippen LogP contribution in [0.5, 0.6) is 0 Å². The van der Waals surface area contributed by atoms with E-state index in [1.54, 1.807) is 12.1 Å². The standard InChI is InChI=1S/C16H17ClN2O/c1-11(13-6-8-15(17)9-7-13)19-16(20)14-4-2-12(10-18)3-5-14/h2-9,11H,10,18H2,1H3,(H,19,20). The third-order valence-corrected chi connectivity index (χ3v) is 3.42. The summed E-state index contributed by atoms with van der Waals surface area (Å²) in [5.41, 5.74) is 8.18. The topological polar surface area (TPSA) is 55.1 Å². The first-order valence-electron chi connectivity index (χ1n) is 6.45. The van der Waals surface area contributed by atoms with Crippen LogP contribution >= 0.6 is 11.6 Å². The molecule has 2 aromatic carbocycles. The van der Waals surface area contributed by atoms with Crippen LogP contribution in [0.2, 0.25) is 5.02 Å². The molecule has 2 aromatic rings. The monoisotopic (exact) mass is 288 g/mol. The van der Waals surface area contributed by atoms with Crippen molar-refractivity contribution >= 4 is 17.5 Å². The normalized spacial score (nSPS) is 11.9. The second-order valence-corrected chi connectivity index (χ2v) is 5.08. The molecule has 0 aliphatic heterocycles. The van der Waals surface area contributed by atoms with Gasteiger partial charge >= 0.3 is 0 Å². The zero-order valence-electron chi connectivity index (χ0n) is 11.3. The van der Waals surface area contributed by atoms with Crippen molar-refractivity contribution < 1.29 is 4.79 Å². The van der Waals surface area contributed by atoms with Gasteiger partial charge in [0.05, 0.1) is 6.04 Å². The van der Waals surface area contributed by atoms with Crippen molar-refractivity contribution in [2.24, 2.45) is 5.73 Å². The van der Waals surface area contributed by atoms with Gasteiger partial charge in [-0.05, 0) is 42.3 Å². The highest BCUT2D eigenvalue weighted by Crippen LogP contribution is 2.16. The number of hydrogen-bond acceptors (Lipinski definition) is 2. The Morgan fingerprint density at radius 3 is 2.30 bits per heavy atom. The smallest absolute Gasteiger partial charge is 0.251 e. The Bertz CT molecular complexity index is 578. The van der Waals surface area contributed by atoms with Crippen LogP contribution in [0.1, 0.15) is 34.5 Å². The zero-order valence-corrected chi connectivity index (χ0v) is 12.0. The van der Waals surface area contributed by atoms with Crippen molar-refractivity contribution in [2.75, 3.05) is 0 Å². The molecule has 0 aliphatic rings. The summed E-state index contributed by atoms with van der Waals surface area (Å²) in [6.07, 6.45) is 0. The summed E-state index contributed by atoms with van der Waals surface area (Å²) < 4.78 is 0. The molecule has 3 nitrogen and oxygen atoms in total. The predicted octanol–water partition coefficient (Wildman–Crippen LogP) is 3.29. The van der Waals surface area contributed by atoms with Gasteiger partial charge in [0.1, 0.15) is 0 Å². The Morgan fingerprint density at radius 2 is 1.75 bits per heavy atom. The van der Waals surface area contributed by atoms with E-state index in [1.165, 1.54) is 0 Å². The van der Waals surface area contributed by atoms with E-state index in [0.29, 0.717) is 17.1 Å². The molecule has 0 spiro atoms. The number of amides is 1. The second kappa shape index (κ2) is 6.55. The number of nitrogens with two attached hydrogens (primary N) is 1. The average molecular weight is 289 g/mol. The Kier molecular flexibility index (Phi) is 4.77. The van der Waals surface area contributed by atoms with Crippen LogP contribution in [0.25, 0.3) is 0 Å². The van der Waals surface area contributed by atoms with Crippen molar-refractivity contribution in [1.82, 2.24) is 5.32 Å². The summed E-state index contributed by atoms with van der Waals surface area (Å²) in [6.45, 7) is 2.42. The van der Waals surface area contributed by atoms with Crippen molar-refractivity contribution in [3.05, 3.63) is 70.2 Å². The molecule has 0 fully saturated rings.